The number of nitrogens with two attached hydrogens (primary N) is 5. The molecule has 0 bridgehead atoms. The zero-order valence-electron chi connectivity index (χ0n) is 21.8. The van der Waals surface area contributed by atoms with Gasteiger partial charge in [0, 0.05) is 12.6 Å². The quantitative estimate of drug-likeness (QED) is 0.113. The Morgan fingerprint density at radius 2 is 1.48 bits per heavy atom. The summed E-state index contributed by atoms with van der Waals surface area (Å²) in [5, 5.41) is 74.8. The van der Waals surface area contributed by atoms with Crippen molar-refractivity contribution in [1.82, 2.24) is 5.32 Å². The molecule has 0 radical (unpaired) electrons. The van der Waals surface area contributed by atoms with Crippen molar-refractivity contribution in [2.24, 2.45) is 28.7 Å². The molecule has 3 rings (SSSR count). The molecule has 0 aromatic carbocycles. The van der Waals surface area contributed by atoms with E-state index in [2.05, 4.69) is 5.32 Å². The van der Waals surface area contributed by atoms with Gasteiger partial charge in [0.05, 0.1) is 24.7 Å². The van der Waals surface area contributed by atoms with Crippen molar-refractivity contribution in [1.29, 1.82) is 0 Å². The Hall–Kier alpha value is -1.17. The van der Waals surface area contributed by atoms with Crippen LogP contribution in [0.2, 0.25) is 0 Å². The number of carbonyl (C=O) groups excluding carboxylic acids is 1. The van der Waals surface area contributed by atoms with Crippen molar-refractivity contribution < 1.29 is 59.5 Å². The fraction of sp³-hybridized carbons (Fsp3) is 0.955. The molecular formula is C22H44N6O12. The molecule has 0 unspecified atom stereocenters. The Morgan fingerprint density at radius 3 is 2.08 bits per heavy atom. The largest absolute Gasteiger partial charge is 0.394 e. The van der Waals surface area contributed by atoms with E-state index in [1.165, 1.54) is 0 Å². The van der Waals surface area contributed by atoms with Crippen molar-refractivity contribution in [3.8, 4) is 0 Å². The van der Waals surface area contributed by atoms with Gasteiger partial charge in [0.1, 0.15) is 61.0 Å². The minimum atomic E-state index is -1.66. The normalized spacial score (nSPS) is 47.0. The van der Waals surface area contributed by atoms with Gasteiger partial charge in [-0.25, -0.2) is 0 Å². The summed E-state index contributed by atoms with van der Waals surface area (Å²) in [6, 6.07) is -4.61. The lowest BCUT2D eigenvalue weighted by Crippen LogP contribution is -2.70. The molecule has 0 aromatic heterocycles. The van der Waals surface area contributed by atoms with Crippen LogP contribution in [-0.4, -0.2) is 159 Å². The lowest BCUT2D eigenvalue weighted by atomic mass is 9.83. The van der Waals surface area contributed by atoms with E-state index in [1.54, 1.807) is 0 Å². The smallest absolute Gasteiger partial charge is 0.249 e. The third kappa shape index (κ3) is 7.06. The zero-order chi connectivity index (χ0) is 29.9. The van der Waals surface area contributed by atoms with E-state index >= 15 is 0 Å². The number of rotatable bonds is 10. The number of hydrogen-bond acceptors (Lipinski definition) is 17. The average Bonchev–Trinajstić information content (AvgIpc) is 2.92. The molecule has 2 heterocycles. The van der Waals surface area contributed by atoms with Crippen LogP contribution in [0.25, 0.3) is 0 Å². The maximum atomic E-state index is 12.6. The minimum Gasteiger partial charge on any atom is -0.394 e. The first-order valence-corrected chi connectivity index (χ1v) is 13.1. The van der Waals surface area contributed by atoms with Gasteiger partial charge < -0.3 is 88.7 Å². The third-order valence-electron chi connectivity index (χ3n) is 7.59. The molecule has 18 heteroatoms. The lowest BCUT2D eigenvalue weighted by molar-refractivity contribution is -0.319. The Balaban J connectivity index is 1.85. The first-order chi connectivity index (χ1) is 18.9. The predicted octanol–water partition coefficient (Wildman–Crippen LogP) is -8.46. The molecule has 16 atom stereocenters. The van der Waals surface area contributed by atoms with Gasteiger partial charge in [0.2, 0.25) is 5.91 Å². The molecule has 0 aromatic rings. The van der Waals surface area contributed by atoms with Crippen LogP contribution in [0, 0.1) is 0 Å². The van der Waals surface area contributed by atoms with Crippen LogP contribution in [0.3, 0.4) is 0 Å². The summed E-state index contributed by atoms with van der Waals surface area (Å²) in [6.07, 6.45) is -17.1. The molecule has 1 amide bonds. The van der Waals surface area contributed by atoms with Crippen molar-refractivity contribution >= 4 is 5.91 Å². The molecule has 2 saturated heterocycles. The summed E-state index contributed by atoms with van der Waals surface area (Å²) >= 11 is 0. The van der Waals surface area contributed by atoms with Gasteiger partial charge in [0.25, 0.3) is 0 Å². The van der Waals surface area contributed by atoms with Crippen LogP contribution in [0.1, 0.15) is 12.8 Å². The zero-order valence-corrected chi connectivity index (χ0v) is 21.8. The number of aliphatic hydroxyl groups is 7. The van der Waals surface area contributed by atoms with E-state index < -0.39 is 110 Å². The first kappa shape index (κ1) is 33.3. The summed E-state index contributed by atoms with van der Waals surface area (Å²) in [7, 11) is 0. The van der Waals surface area contributed by atoms with E-state index in [0.29, 0.717) is 0 Å². The Bertz CT molecular complexity index is 816. The van der Waals surface area contributed by atoms with Gasteiger partial charge in [0.15, 0.2) is 12.6 Å². The number of ether oxygens (including phenoxy) is 4. The van der Waals surface area contributed by atoms with Crippen LogP contribution in [0.5, 0.6) is 0 Å². The number of amides is 1. The highest BCUT2D eigenvalue weighted by Crippen LogP contribution is 2.31. The molecule has 40 heavy (non-hydrogen) atoms. The van der Waals surface area contributed by atoms with E-state index in [0.717, 1.165) is 0 Å². The highest BCUT2D eigenvalue weighted by atomic mass is 16.7. The second kappa shape index (κ2) is 14.3. The topological polar surface area (TPSA) is 338 Å². The van der Waals surface area contributed by atoms with Gasteiger partial charge in [-0.15, -0.1) is 0 Å². The monoisotopic (exact) mass is 584 g/mol. The predicted molar refractivity (Wildman–Crippen MR) is 133 cm³/mol. The molecule has 234 valence electrons. The molecule has 1 aliphatic carbocycles. The second-order valence-corrected chi connectivity index (χ2v) is 10.4. The number of hydrogen-bond donors (Lipinski definition) is 13. The summed E-state index contributed by atoms with van der Waals surface area (Å²) in [4.78, 5) is 12.6. The molecule has 1 saturated carbocycles. The molecule has 18 N–H and O–H groups in total. The molecule has 2 aliphatic heterocycles. The number of aliphatic hydroxyl groups excluding tert-OH is 7. The fourth-order valence-electron chi connectivity index (χ4n) is 5.11. The molecule has 3 aliphatic rings. The van der Waals surface area contributed by atoms with E-state index in [9.17, 15) is 40.5 Å². The van der Waals surface area contributed by atoms with Crippen molar-refractivity contribution in [2.75, 3.05) is 19.7 Å². The van der Waals surface area contributed by atoms with Crippen molar-refractivity contribution in [3.05, 3.63) is 0 Å². The summed E-state index contributed by atoms with van der Waals surface area (Å²) < 4.78 is 22.8. The average molecular weight is 585 g/mol. The minimum absolute atomic E-state index is 0.0219. The summed E-state index contributed by atoms with van der Waals surface area (Å²) in [5.74, 6) is -0.825. The van der Waals surface area contributed by atoms with Gasteiger partial charge in [-0.2, -0.15) is 0 Å². The van der Waals surface area contributed by atoms with E-state index in [1.807, 2.05) is 0 Å². The van der Waals surface area contributed by atoms with Crippen LogP contribution < -0.4 is 34.0 Å². The van der Waals surface area contributed by atoms with Crippen LogP contribution in [0.4, 0.5) is 0 Å². The van der Waals surface area contributed by atoms with Gasteiger partial charge in [-0.1, -0.05) is 0 Å². The second-order valence-electron chi connectivity index (χ2n) is 10.4. The van der Waals surface area contributed by atoms with Crippen molar-refractivity contribution in [2.45, 2.75) is 111 Å². The first-order valence-electron chi connectivity index (χ1n) is 13.1. The molecule has 3 fully saturated rings. The highest BCUT2D eigenvalue weighted by molar-refractivity contribution is 5.80. The van der Waals surface area contributed by atoms with Crippen LogP contribution >= 0.6 is 0 Å². The maximum absolute atomic E-state index is 12.6. The summed E-state index contributed by atoms with van der Waals surface area (Å²) in [5.41, 5.74) is 29.2. The van der Waals surface area contributed by atoms with E-state index in [4.69, 9.17) is 47.6 Å². The fourth-order valence-corrected chi connectivity index (χ4v) is 5.11. The molecule has 18 nitrogen and oxygen atoms in total. The standard InChI is InChI=1S/C22H44N6O12/c23-2-1-8(30)20(36)28-7-3-6(25)18(39-21-12(27)15(33)14(32)9(4-24)37-21)17(35)19(7)40-22-16(34)11(26)13(31)10(5-29)38-22/h6-19,21-22,29-35H,1-5,23-27H2,(H,28,36)/t6-,7-,8+,9+,10+,11+,12-,13-,14-,15-,16-,17+,18-,19-,21-,22-/m1/s1. The highest BCUT2D eigenvalue weighted by Gasteiger charge is 2.52. The van der Waals surface area contributed by atoms with Gasteiger partial charge >= 0.3 is 0 Å². The molecule has 0 spiro atoms. The van der Waals surface area contributed by atoms with E-state index in [-0.39, 0.29) is 25.9 Å². The SMILES string of the molecule is NCC[C@H](O)C(=O)N[C@@H]1C[C@@H](N)[C@@H](O[C@H]2O[C@@H](CN)[C@@H](O)[C@H](O)[C@H]2N)[C@H](O)[C@@H]1O[C@H]1O[C@@H](CO)[C@@H](O)[C@H](N)[C@H]1O. The third-order valence-corrected chi connectivity index (χ3v) is 7.59. The molecular weight excluding hydrogens is 540 g/mol. The van der Waals surface area contributed by atoms with Crippen LogP contribution in [-0.2, 0) is 23.7 Å². The van der Waals surface area contributed by atoms with Crippen molar-refractivity contribution in [3.63, 3.8) is 0 Å². The van der Waals surface area contributed by atoms with Gasteiger partial charge in [-0.3, -0.25) is 4.79 Å². The Labute approximate surface area is 230 Å². The summed E-state index contributed by atoms with van der Waals surface area (Å²) in [6.45, 7) is -0.817. The number of carbonyl (C=O) groups is 1. The van der Waals surface area contributed by atoms with Crippen LogP contribution in [0.15, 0.2) is 0 Å². The van der Waals surface area contributed by atoms with Gasteiger partial charge in [-0.05, 0) is 19.4 Å². The Kier molecular flexibility index (Phi) is 11.9. The Morgan fingerprint density at radius 1 is 0.850 bits per heavy atom. The maximum Gasteiger partial charge on any atom is 0.249 e. The number of nitrogens with one attached hydrogen (secondary N) is 1. The lowest BCUT2D eigenvalue weighted by Gasteiger charge is -2.49.